The van der Waals surface area contributed by atoms with Gasteiger partial charge in [-0.2, -0.15) is 12.7 Å². The van der Waals surface area contributed by atoms with Gasteiger partial charge in [0.15, 0.2) is 0 Å². The molecular weight excluding hydrogens is 509 g/mol. The lowest BCUT2D eigenvalue weighted by Gasteiger charge is -2.49. The van der Waals surface area contributed by atoms with Crippen LogP contribution in [0.15, 0.2) is 18.2 Å². The monoisotopic (exact) mass is 543 g/mol. The Morgan fingerprint density at radius 2 is 1.77 bits per heavy atom. The molecule has 3 heterocycles. The fourth-order valence-electron chi connectivity index (χ4n) is 5.88. The molecule has 1 saturated carbocycles. The summed E-state index contributed by atoms with van der Waals surface area (Å²) in [6.07, 6.45) is 4.82. The zero-order valence-electron chi connectivity index (χ0n) is 20.0. The molecule has 1 aromatic rings. The summed E-state index contributed by atoms with van der Waals surface area (Å²) in [5, 5.41) is 6.39. The van der Waals surface area contributed by atoms with Crippen LogP contribution in [0.1, 0.15) is 37.7 Å². The van der Waals surface area contributed by atoms with Crippen LogP contribution in [0.4, 0.5) is 0 Å². The fraction of sp³-hybridized carbons (Fsp3) is 0.708. The zero-order valence-corrected chi connectivity index (χ0v) is 22.4. The smallest absolute Gasteiger partial charge is 0.276 e. The molecular formula is C24H35Cl2N5O3S. The van der Waals surface area contributed by atoms with Gasteiger partial charge in [0.1, 0.15) is 0 Å². The Morgan fingerprint density at radius 1 is 1.06 bits per heavy atom. The average molecular weight is 545 g/mol. The van der Waals surface area contributed by atoms with Crippen molar-refractivity contribution in [2.75, 3.05) is 58.9 Å². The van der Waals surface area contributed by atoms with Gasteiger partial charge < -0.3 is 9.80 Å². The molecule has 0 spiro atoms. The molecule has 194 valence electrons. The Labute approximate surface area is 218 Å². The van der Waals surface area contributed by atoms with Crippen molar-refractivity contribution < 1.29 is 13.2 Å². The van der Waals surface area contributed by atoms with Crippen molar-refractivity contribution in [1.82, 2.24) is 19.0 Å². The molecule has 0 aromatic heterocycles. The van der Waals surface area contributed by atoms with Crippen molar-refractivity contribution in [1.29, 1.82) is 0 Å². The highest BCUT2D eigenvalue weighted by molar-refractivity contribution is 7.86. The minimum Gasteiger partial charge on any atom is -0.342 e. The number of nitrogens with two attached hydrogens (primary N) is 1. The number of amides is 1. The SMILES string of the molecule is NS(=O)(=O)N1CCN(C2CN(CCC3(c4ccc(Cl)c(Cl)c4)CCC(=O)N(CC4CC4)C3)C2)CC1. The summed E-state index contributed by atoms with van der Waals surface area (Å²) in [6.45, 7) is 6.90. The van der Waals surface area contributed by atoms with Gasteiger partial charge in [0, 0.05) is 70.2 Å². The number of hydrogen-bond donors (Lipinski definition) is 1. The van der Waals surface area contributed by atoms with E-state index in [1.807, 2.05) is 12.1 Å². The topological polar surface area (TPSA) is 90.2 Å². The van der Waals surface area contributed by atoms with E-state index in [0.717, 1.165) is 58.7 Å². The first-order valence-electron chi connectivity index (χ1n) is 12.6. The third-order valence-electron chi connectivity index (χ3n) is 8.37. The summed E-state index contributed by atoms with van der Waals surface area (Å²) in [6, 6.07) is 6.42. The molecule has 5 rings (SSSR count). The molecule has 4 aliphatic rings. The minimum atomic E-state index is -3.60. The van der Waals surface area contributed by atoms with Gasteiger partial charge in [-0.1, -0.05) is 29.3 Å². The van der Waals surface area contributed by atoms with E-state index in [9.17, 15) is 13.2 Å². The van der Waals surface area contributed by atoms with Crippen LogP contribution in [0.25, 0.3) is 0 Å². The lowest BCUT2D eigenvalue weighted by molar-refractivity contribution is -0.136. The van der Waals surface area contributed by atoms with Crippen LogP contribution >= 0.6 is 23.2 Å². The van der Waals surface area contributed by atoms with E-state index >= 15 is 0 Å². The molecule has 8 nitrogen and oxygen atoms in total. The number of hydrogen-bond acceptors (Lipinski definition) is 5. The normalized spacial score (nSPS) is 27.9. The van der Waals surface area contributed by atoms with Gasteiger partial charge in [-0.25, -0.2) is 5.14 Å². The van der Waals surface area contributed by atoms with Crippen molar-refractivity contribution in [3.63, 3.8) is 0 Å². The first-order valence-corrected chi connectivity index (χ1v) is 14.9. The molecule has 0 bridgehead atoms. The highest BCUT2D eigenvalue weighted by Gasteiger charge is 2.43. The second kappa shape index (κ2) is 10.1. The van der Waals surface area contributed by atoms with E-state index in [0.29, 0.717) is 41.5 Å². The lowest BCUT2D eigenvalue weighted by Crippen LogP contribution is -2.64. The predicted octanol–water partition coefficient (Wildman–Crippen LogP) is 2.16. The Hall–Kier alpha value is -0.940. The maximum absolute atomic E-state index is 12.7. The molecule has 1 aromatic carbocycles. The van der Waals surface area contributed by atoms with Crippen molar-refractivity contribution >= 4 is 39.3 Å². The summed E-state index contributed by atoms with van der Waals surface area (Å²) in [5.74, 6) is 0.935. The predicted molar refractivity (Wildman–Crippen MR) is 138 cm³/mol. The van der Waals surface area contributed by atoms with E-state index in [2.05, 4.69) is 20.8 Å². The van der Waals surface area contributed by atoms with Gasteiger partial charge in [0.05, 0.1) is 10.0 Å². The Kier molecular flexibility index (Phi) is 7.40. The molecule has 11 heteroatoms. The van der Waals surface area contributed by atoms with Gasteiger partial charge in [-0.3, -0.25) is 9.69 Å². The molecule has 0 radical (unpaired) electrons. The van der Waals surface area contributed by atoms with Crippen molar-refractivity contribution in [2.24, 2.45) is 11.1 Å². The minimum absolute atomic E-state index is 0.122. The quantitative estimate of drug-likeness (QED) is 0.542. The number of halogens is 2. The number of carbonyl (C=O) groups is 1. The third kappa shape index (κ3) is 5.81. The van der Waals surface area contributed by atoms with Crippen LogP contribution in [-0.4, -0.2) is 98.3 Å². The molecule has 3 saturated heterocycles. The fourth-order valence-corrected chi connectivity index (χ4v) is 6.85. The molecule has 2 N–H and O–H groups in total. The van der Waals surface area contributed by atoms with E-state index in [1.165, 1.54) is 22.7 Å². The second-order valence-electron chi connectivity index (χ2n) is 10.8. The Morgan fingerprint density at radius 3 is 2.40 bits per heavy atom. The summed E-state index contributed by atoms with van der Waals surface area (Å²) < 4.78 is 24.5. The van der Waals surface area contributed by atoms with Crippen molar-refractivity contribution in [3.05, 3.63) is 33.8 Å². The Balaban J connectivity index is 1.21. The zero-order chi connectivity index (χ0) is 24.8. The van der Waals surface area contributed by atoms with E-state index in [-0.39, 0.29) is 11.3 Å². The first-order chi connectivity index (χ1) is 16.6. The molecule has 1 unspecified atom stereocenters. The van der Waals surface area contributed by atoms with Crippen LogP contribution < -0.4 is 5.14 Å². The number of carbonyl (C=O) groups excluding carboxylic acids is 1. The molecule has 1 atom stereocenters. The van der Waals surface area contributed by atoms with Gasteiger partial charge >= 0.3 is 0 Å². The van der Waals surface area contributed by atoms with Gasteiger partial charge in [-0.05, 0) is 55.8 Å². The third-order valence-corrected chi connectivity index (χ3v) is 10.2. The van der Waals surface area contributed by atoms with E-state index in [4.69, 9.17) is 28.3 Å². The number of benzene rings is 1. The Bertz CT molecular complexity index is 1060. The largest absolute Gasteiger partial charge is 0.342 e. The highest BCUT2D eigenvalue weighted by Crippen LogP contribution is 2.42. The standard InChI is InChI=1S/C24H35Cl2N5O3S/c25-21-4-3-19(13-22(21)26)24(6-5-23(32)30(17-24)14-18-1-2-18)7-8-28-15-20(16-28)29-9-11-31(12-10-29)35(27,33)34/h3-4,13,18,20H,1-2,5-12,14-17H2,(H2,27,33,34). The molecule has 35 heavy (non-hydrogen) atoms. The molecule has 1 aliphatic carbocycles. The molecule has 4 fully saturated rings. The van der Waals surface area contributed by atoms with Gasteiger partial charge in [0.2, 0.25) is 5.91 Å². The van der Waals surface area contributed by atoms with E-state index < -0.39 is 10.2 Å². The maximum Gasteiger partial charge on any atom is 0.276 e. The van der Waals surface area contributed by atoms with Crippen LogP contribution in [0, 0.1) is 5.92 Å². The summed E-state index contributed by atoms with van der Waals surface area (Å²) >= 11 is 12.6. The number of likely N-dealkylation sites (tertiary alicyclic amines) is 2. The van der Waals surface area contributed by atoms with E-state index in [1.54, 1.807) is 0 Å². The summed E-state index contributed by atoms with van der Waals surface area (Å²) in [5.41, 5.74) is 1.06. The summed E-state index contributed by atoms with van der Waals surface area (Å²) in [4.78, 5) is 19.7. The number of nitrogens with zero attached hydrogens (tertiary/aromatic N) is 4. The second-order valence-corrected chi connectivity index (χ2v) is 13.1. The van der Waals surface area contributed by atoms with Crippen molar-refractivity contribution in [3.8, 4) is 0 Å². The van der Waals surface area contributed by atoms with Crippen molar-refractivity contribution in [2.45, 2.75) is 43.6 Å². The van der Waals surface area contributed by atoms with Gasteiger partial charge in [-0.15, -0.1) is 0 Å². The molecule has 1 amide bonds. The van der Waals surface area contributed by atoms with Crippen LogP contribution in [0.2, 0.25) is 10.0 Å². The summed E-state index contributed by atoms with van der Waals surface area (Å²) in [7, 11) is -3.60. The first kappa shape index (κ1) is 25.7. The number of piperidine rings is 1. The maximum atomic E-state index is 12.7. The highest BCUT2D eigenvalue weighted by atomic mass is 35.5. The lowest BCUT2D eigenvalue weighted by atomic mass is 9.71. The number of piperazine rings is 1. The van der Waals surface area contributed by atoms with Gasteiger partial charge in [0.25, 0.3) is 10.2 Å². The van der Waals surface area contributed by atoms with Crippen LogP contribution in [0.5, 0.6) is 0 Å². The average Bonchev–Trinajstić information content (AvgIpc) is 3.60. The van der Waals surface area contributed by atoms with Crippen LogP contribution in [0.3, 0.4) is 0 Å². The van der Waals surface area contributed by atoms with Crippen LogP contribution in [-0.2, 0) is 20.4 Å². The molecule has 3 aliphatic heterocycles. The number of rotatable bonds is 8.